The molecule has 0 aliphatic carbocycles. The van der Waals surface area contributed by atoms with Crippen molar-refractivity contribution in [1.29, 1.82) is 0 Å². The van der Waals surface area contributed by atoms with Crippen molar-refractivity contribution < 1.29 is 14.2 Å². The van der Waals surface area contributed by atoms with Crippen molar-refractivity contribution in [2.75, 3.05) is 76.1 Å². The fourth-order valence-electron chi connectivity index (χ4n) is 4.46. The third-order valence-corrected chi connectivity index (χ3v) is 6.64. The number of hydrogen-bond donors (Lipinski definition) is 2. The maximum absolute atomic E-state index is 6.07. The molecule has 2 aliphatic heterocycles. The van der Waals surface area contributed by atoms with E-state index in [1.54, 1.807) is 6.21 Å². The highest BCUT2D eigenvalue weighted by molar-refractivity contribution is 5.87. The summed E-state index contributed by atoms with van der Waals surface area (Å²) in [7, 11) is 0. The van der Waals surface area contributed by atoms with Gasteiger partial charge in [-0.2, -0.15) is 5.10 Å². The molecule has 1 aromatic carbocycles. The van der Waals surface area contributed by atoms with Crippen LogP contribution in [0.25, 0.3) is 10.9 Å². The summed E-state index contributed by atoms with van der Waals surface area (Å²) in [6.45, 7) is 12.3. The van der Waals surface area contributed by atoms with Crippen LogP contribution in [0.1, 0.15) is 17.0 Å². The minimum absolute atomic E-state index is 0.587. The fourth-order valence-corrected chi connectivity index (χ4v) is 4.46. The SMILES string of the molecule is Cc1[nH]c2ccc(NN=Cc3cc(N4CCOCC4)cc(OCCN4CCOCC4)n3)cc2c1C. The molecule has 2 saturated heterocycles. The molecule has 2 aliphatic rings. The van der Waals surface area contributed by atoms with Crippen molar-refractivity contribution in [2.24, 2.45) is 5.10 Å². The number of aromatic amines is 1. The van der Waals surface area contributed by atoms with Gasteiger partial charge in [0.15, 0.2) is 0 Å². The molecular formula is C26H34N6O3. The highest BCUT2D eigenvalue weighted by Crippen LogP contribution is 2.25. The summed E-state index contributed by atoms with van der Waals surface area (Å²) in [6.07, 6.45) is 1.75. The Hall–Kier alpha value is -3.14. The van der Waals surface area contributed by atoms with Gasteiger partial charge in [0.25, 0.3) is 0 Å². The maximum atomic E-state index is 6.07. The largest absolute Gasteiger partial charge is 0.476 e. The molecule has 5 rings (SSSR count). The van der Waals surface area contributed by atoms with Crippen LogP contribution < -0.4 is 15.1 Å². The number of ether oxygens (including phenoxy) is 3. The molecule has 2 aromatic heterocycles. The van der Waals surface area contributed by atoms with E-state index in [0.717, 1.165) is 81.7 Å². The van der Waals surface area contributed by atoms with E-state index in [9.17, 15) is 0 Å². The lowest BCUT2D eigenvalue weighted by molar-refractivity contribution is 0.0320. The Kier molecular flexibility index (Phi) is 7.46. The molecule has 0 bridgehead atoms. The first-order valence-corrected chi connectivity index (χ1v) is 12.3. The normalized spacial score (nSPS) is 17.4. The number of aromatic nitrogens is 2. The Morgan fingerprint density at radius 1 is 1.06 bits per heavy atom. The van der Waals surface area contributed by atoms with E-state index in [-0.39, 0.29) is 0 Å². The third kappa shape index (κ3) is 5.93. The van der Waals surface area contributed by atoms with Gasteiger partial charge in [-0.05, 0) is 43.7 Å². The number of pyridine rings is 1. The molecule has 9 nitrogen and oxygen atoms in total. The second-order valence-corrected chi connectivity index (χ2v) is 9.00. The van der Waals surface area contributed by atoms with E-state index in [2.05, 4.69) is 51.3 Å². The predicted octanol–water partition coefficient (Wildman–Crippen LogP) is 3.17. The second-order valence-electron chi connectivity index (χ2n) is 9.00. The number of nitrogens with one attached hydrogen (secondary N) is 2. The topological polar surface area (TPSA) is 87.2 Å². The first-order valence-electron chi connectivity index (χ1n) is 12.3. The molecule has 2 fully saturated rings. The zero-order valence-corrected chi connectivity index (χ0v) is 20.5. The molecule has 0 unspecified atom stereocenters. The number of H-pyrrole nitrogens is 1. The van der Waals surface area contributed by atoms with Crippen LogP contribution in [0.15, 0.2) is 35.4 Å². The van der Waals surface area contributed by atoms with Gasteiger partial charge in [-0.3, -0.25) is 10.3 Å². The second kappa shape index (κ2) is 11.1. The van der Waals surface area contributed by atoms with E-state index in [4.69, 9.17) is 19.2 Å². The summed E-state index contributed by atoms with van der Waals surface area (Å²) in [4.78, 5) is 12.8. The smallest absolute Gasteiger partial charge is 0.215 e. The summed E-state index contributed by atoms with van der Waals surface area (Å²) < 4.78 is 17.0. The van der Waals surface area contributed by atoms with Crippen molar-refractivity contribution in [2.45, 2.75) is 13.8 Å². The van der Waals surface area contributed by atoms with Crippen LogP contribution in [0.5, 0.6) is 5.88 Å². The average molecular weight is 479 g/mol. The van der Waals surface area contributed by atoms with Crippen LogP contribution in [-0.4, -0.2) is 86.8 Å². The van der Waals surface area contributed by atoms with Gasteiger partial charge in [-0.15, -0.1) is 0 Å². The molecular weight excluding hydrogens is 444 g/mol. The summed E-state index contributed by atoms with van der Waals surface area (Å²) >= 11 is 0. The standard InChI is InChI=1S/C26H34N6O3/c1-19-20(2)28-25-4-3-21(16-24(19)25)30-27-18-22-15-23(32-8-12-34-13-9-32)17-26(29-22)35-14-7-31-5-10-33-11-6-31/h3-4,15-18,28,30H,5-14H2,1-2H3. The van der Waals surface area contributed by atoms with Gasteiger partial charge in [0, 0.05) is 61.1 Å². The molecule has 2 N–H and O–H groups in total. The lowest BCUT2D eigenvalue weighted by Crippen LogP contribution is -2.38. The molecule has 4 heterocycles. The highest BCUT2D eigenvalue weighted by atomic mass is 16.5. The van der Waals surface area contributed by atoms with Crippen LogP contribution in [0, 0.1) is 13.8 Å². The number of hydrazone groups is 1. The van der Waals surface area contributed by atoms with Crippen LogP contribution in [0.2, 0.25) is 0 Å². The van der Waals surface area contributed by atoms with Gasteiger partial charge in [0.05, 0.1) is 44.0 Å². The highest BCUT2D eigenvalue weighted by Gasteiger charge is 2.15. The molecule has 0 saturated carbocycles. The number of rotatable bonds is 8. The lowest BCUT2D eigenvalue weighted by atomic mass is 10.1. The molecule has 0 radical (unpaired) electrons. The Bertz CT molecular complexity index is 1170. The van der Waals surface area contributed by atoms with Crippen molar-refractivity contribution >= 4 is 28.5 Å². The minimum Gasteiger partial charge on any atom is -0.476 e. The number of fused-ring (bicyclic) bond motifs is 1. The summed E-state index contributed by atoms with van der Waals surface area (Å²) in [6, 6.07) is 10.3. The predicted molar refractivity (Wildman–Crippen MR) is 139 cm³/mol. The van der Waals surface area contributed by atoms with Crippen LogP contribution >= 0.6 is 0 Å². The number of aryl methyl sites for hydroxylation is 2. The number of hydrogen-bond acceptors (Lipinski definition) is 8. The van der Waals surface area contributed by atoms with E-state index in [1.807, 2.05) is 18.2 Å². The van der Waals surface area contributed by atoms with E-state index in [1.165, 1.54) is 16.6 Å². The zero-order valence-electron chi connectivity index (χ0n) is 20.5. The summed E-state index contributed by atoms with van der Waals surface area (Å²) in [5.74, 6) is 0.614. The van der Waals surface area contributed by atoms with E-state index in [0.29, 0.717) is 12.5 Å². The van der Waals surface area contributed by atoms with Crippen molar-refractivity contribution in [3.63, 3.8) is 0 Å². The lowest BCUT2D eigenvalue weighted by Gasteiger charge is -2.29. The molecule has 0 amide bonds. The number of benzene rings is 1. The van der Waals surface area contributed by atoms with Crippen molar-refractivity contribution in [3.8, 4) is 5.88 Å². The molecule has 35 heavy (non-hydrogen) atoms. The van der Waals surface area contributed by atoms with Crippen LogP contribution in [0.3, 0.4) is 0 Å². The van der Waals surface area contributed by atoms with Crippen LogP contribution in [-0.2, 0) is 9.47 Å². The van der Waals surface area contributed by atoms with Gasteiger partial charge in [0.2, 0.25) is 5.88 Å². The number of anilines is 2. The van der Waals surface area contributed by atoms with E-state index < -0.39 is 0 Å². The van der Waals surface area contributed by atoms with Gasteiger partial charge in [-0.1, -0.05) is 0 Å². The van der Waals surface area contributed by atoms with Crippen molar-refractivity contribution in [1.82, 2.24) is 14.9 Å². The summed E-state index contributed by atoms with van der Waals surface area (Å²) in [5, 5.41) is 5.67. The average Bonchev–Trinajstić information content (AvgIpc) is 3.18. The Labute approximate surface area is 206 Å². The molecule has 0 atom stereocenters. The maximum Gasteiger partial charge on any atom is 0.215 e. The summed E-state index contributed by atoms with van der Waals surface area (Å²) in [5.41, 5.74) is 9.48. The molecule has 9 heteroatoms. The molecule has 186 valence electrons. The monoisotopic (exact) mass is 478 g/mol. The van der Waals surface area contributed by atoms with Gasteiger partial charge in [-0.25, -0.2) is 4.98 Å². The van der Waals surface area contributed by atoms with Gasteiger partial charge in [0.1, 0.15) is 6.61 Å². The Balaban J connectivity index is 1.29. The van der Waals surface area contributed by atoms with Gasteiger partial charge < -0.3 is 24.1 Å². The fraction of sp³-hybridized carbons (Fsp3) is 0.462. The number of morpholine rings is 2. The van der Waals surface area contributed by atoms with Gasteiger partial charge >= 0.3 is 0 Å². The minimum atomic E-state index is 0.587. The zero-order chi connectivity index (χ0) is 24.0. The number of nitrogens with zero attached hydrogens (tertiary/aromatic N) is 4. The van der Waals surface area contributed by atoms with Crippen molar-refractivity contribution in [3.05, 3.63) is 47.3 Å². The third-order valence-electron chi connectivity index (χ3n) is 6.64. The first-order chi connectivity index (χ1) is 17.2. The van der Waals surface area contributed by atoms with Crippen LogP contribution in [0.4, 0.5) is 11.4 Å². The Morgan fingerprint density at radius 2 is 1.83 bits per heavy atom. The Morgan fingerprint density at radius 3 is 2.63 bits per heavy atom. The molecule has 3 aromatic rings. The van der Waals surface area contributed by atoms with E-state index >= 15 is 0 Å². The quantitative estimate of drug-likeness (QED) is 0.380. The first kappa shape index (κ1) is 23.6. The molecule has 0 spiro atoms.